The van der Waals surface area contributed by atoms with Gasteiger partial charge in [-0.3, -0.25) is 4.79 Å². The molecule has 1 rings (SSSR count). The Morgan fingerprint density at radius 1 is 1.39 bits per heavy atom. The highest BCUT2D eigenvalue weighted by Gasteiger charge is 2.23. The van der Waals surface area contributed by atoms with Crippen molar-refractivity contribution in [2.24, 2.45) is 11.8 Å². The Kier molecular flexibility index (Phi) is 5.01. The van der Waals surface area contributed by atoms with E-state index in [1.807, 2.05) is 20.8 Å². The lowest BCUT2D eigenvalue weighted by Gasteiger charge is -2.17. The fraction of sp³-hybridized carbons (Fsp3) is 0.500. The number of phenolic OH excluding ortho intramolecular Hbond substituents is 1. The van der Waals surface area contributed by atoms with Crippen LogP contribution >= 0.6 is 0 Å². The van der Waals surface area contributed by atoms with E-state index < -0.39 is 11.9 Å². The van der Waals surface area contributed by atoms with E-state index in [2.05, 4.69) is 0 Å². The number of hydrogen-bond acceptors (Lipinski definition) is 3. The molecule has 100 valence electrons. The molecule has 1 atom stereocenters. The first-order chi connectivity index (χ1) is 8.47. The van der Waals surface area contributed by atoms with Crippen molar-refractivity contribution in [1.82, 2.24) is 0 Å². The largest absolute Gasteiger partial charge is 0.504 e. The molecular formula is C14H20O4. The quantitative estimate of drug-likeness (QED) is 0.816. The first-order valence-electron chi connectivity index (χ1n) is 6.13. The molecule has 0 aliphatic carbocycles. The number of hydrogen-bond donors (Lipinski definition) is 2. The predicted molar refractivity (Wildman–Crippen MR) is 68.9 cm³/mol. The number of aromatic hydroxyl groups is 1. The summed E-state index contributed by atoms with van der Waals surface area (Å²) in [6.07, 6.45) is 0.305. The second kappa shape index (κ2) is 6.28. The average Bonchev–Trinajstić information content (AvgIpc) is 2.29. The van der Waals surface area contributed by atoms with Gasteiger partial charge in [-0.1, -0.05) is 26.0 Å². The zero-order valence-corrected chi connectivity index (χ0v) is 11.0. The highest BCUT2D eigenvalue weighted by molar-refractivity contribution is 5.71. The van der Waals surface area contributed by atoms with Gasteiger partial charge in [0, 0.05) is 0 Å². The van der Waals surface area contributed by atoms with Crippen LogP contribution in [0.25, 0.3) is 0 Å². The second-order valence-electron chi connectivity index (χ2n) is 4.59. The van der Waals surface area contributed by atoms with E-state index in [1.54, 1.807) is 18.2 Å². The summed E-state index contributed by atoms with van der Waals surface area (Å²) in [4.78, 5) is 11.2. The molecule has 1 aromatic rings. The van der Waals surface area contributed by atoms with Crippen LogP contribution in [0.5, 0.6) is 11.5 Å². The van der Waals surface area contributed by atoms with Gasteiger partial charge >= 0.3 is 5.97 Å². The molecule has 4 heteroatoms. The fourth-order valence-corrected chi connectivity index (χ4v) is 1.85. The van der Waals surface area contributed by atoms with E-state index in [-0.39, 0.29) is 11.7 Å². The zero-order chi connectivity index (χ0) is 13.7. The molecule has 0 aromatic heterocycles. The van der Waals surface area contributed by atoms with Crippen LogP contribution in [0.3, 0.4) is 0 Å². The molecule has 0 radical (unpaired) electrons. The minimum atomic E-state index is -0.841. The van der Waals surface area contributed by atoms with E-state index in [4.69, 9.17) is 9.84 Å². The molecule has 0 bridgehead atoms. The van der Waals surface area contributed by atoms with Gasteiger partial charge in [0.05, 0.1) is 12.5 Å². The first-order valence-corrected chi connectivity index (χ1v) is 6.13. The van der Waals surface area contributed by atoms with Gasteiger partial charge in [-0.05, 0) is 30.9 Å². The van der Waals surface area contributed by atoms with Crippen molar-refractivity contribution in [2.75, 3.05) is 6.61 Å². The van der Waals surface area contributed by atoms with Crippen LogP contribution in [0.2, 0.25) is 0 Å². The maximum absolute atomic E-state index is 11.2. The summed E-state index contributed by atoms with van der Waals surface area (Å²) in [6.45, 7) is 6.02. The number of benzene rings is 1. The molecule has 18 heavy (non-hydrogen) atoms. The summed E-state index contributed by atoms with van der Waals surface area (Å²) >= 11 is 0. The smallest absolute Gasteiger partial charge is 0.307 e. The number of carbonyl (C=O) groups is 1. The predicted octanol–water partition coefficient (Wildman–Crippen LogP) is 2.69. The molecule has 0 amide bonds. The van der Waals surface area contributed by atoms with Crippen LogP contribution in [0.15, 0.2) is 18.2 Å². The summed E-state index contributed by atoms with van der Waals surface area (Å²) < 4.78 is 5.28. The Morgan fingerprint density at radius 3 is 2.56 bits per heavy atom. The van der Waals surface area contributed by atoms with E-state index in [0.29, 0.717) is 24.3 Å². The van der Waals surface area contributed by atoms with Gasteiger partial charge in [-0.25, -0.2) is 0 Å². The van der Waals surface area contributed by atoms with Gasteiger partial charge in [0.15, 0.2) is 11.5 Å². The van der Waals surface area contributed by atoms with Gasteiger partial charge in [-0.2, -0.15) is 0 Å². The molecule has 0 spiro atoms. The number of phenols is 1. The van der Waals surface area contributed by atoms with Crippen LogP contribution in [-0.4, -0.2) is 22.8 Å². The number of rotatable bonds is 6. The summed E-state index contributed by atoms with van der Waals surface area (Å²) in [5.74, 6) is -0.884. The molecule has 0 fully saturated rings. The van der Waals surface area contributed by atoms with Crippen molar-refractivity contribution < 1.29 is 19.7 Å². The number of ether oxygens (including phenoxy) is 1. The van der Waals surface area contributed by atoms with E-state index in [0.717, 1.165) is 0 Å². The van der Waals surface area contributed by atoms with E-state index in [9.17, 15) is 9.90 Å². The molecule has 1 unspecified atom stereocenters. The molecule has 4 nitrogen and oxygen atoms in total. The Morgan fingerprint density at radius 2 is 2.06 bits per heavy atom. The number of aliphatic carboxylic acids is 1. The monoisotopic (exact) mass is 252 g/mol. The van der Waals surface area contributed by atoms with Crippen molar-refractivity contribution in [3.63, 3.8) is 0 Å². The van der Waals surface area contributed by atoms with Crippen molar-refractivity contribution in [3.8, 4) is 11.5 Å². The Labute approximate surface area is 107 Å². The minimum Gasteiger partial charge on any atom is -0.504 e. The number of carboxylic acids is 1. The van der Waals surface area contributed by atoms with E-state index >= 15 is 0 Å². The lowest BCUT2D eigenvalue weighted by molar-refractivity contribution is -0.143. The van der Waals surface area contributed by atoms with Gasteiger partial charge in [-0.15, -0.1) is 0 Å². The lowest BCUT2D eigenvalue weighted by atomic mass is 9.89. The Bertz CT molecular complexity index is 412. The summed E-state index contributed by atoms with van der Waals surface area (Å²) in [5, 5.41) is 19.2. The highest BCUT2D eigenvalue weighted by Crippen LogP contribution is 2.32. The fourth-order valence-electron chi connectivity index (χ4n) is 1.85. The third-order valence-corrected chi connectivity index (χ3v) is 2.94. The molecular weight excluding hydrogens is 232 g/mol. The van der Waals surface area contributed by atoms with Gasteiger partial charge in [0.1, 0.15) is 0 Å². The van der Waals surface area contributed by atoms with Crippen molar-refractivity contribution >= 4 is 5.97 Å². The maximum atomic E-state index is 11.2. The molecule has 0 saturated heterocycles. The highest BCUT2D eigenvalue weighted by atomic mass is 16.5. The van der Waals surface area contributed by atoms with E-state index in [1.165, 1.54) is 0 Å². The third kappa shape index (κ3) is 3.39. The van der Waals surface area contributed by atoms with Crippen LogP contribution in [0, 0.1) is 11.8 Å². The second-order valence-corrected chi connectivity index (χ2v) is 4.59. The normalized spacial score (nSPS) is 12.4. The number of carboxylic acid groups (broad SMARTS) is 1. The summed E-state index contributed by atoms with van der Waals surface area (Å²) in [7, 11) is 0. The third-order valence-electron chi connectivity index (χ3n) is 2.94. The Balaban J connectivity index is 2.96. The summed E-state index contributed by atoms with van der Waals surface area (Å²) in [5.41, 5.74) is 0.613. The molecule has 1 aromatic carbocycles. The van der Waals surface area contributed by atoms with Gasteiger partial charge < -0.3 is 14.9 Å². The van der Waals surface area contributed by atoms with Crippen LogP contribution in [0.4, 0.5) is 0 Å². The SMILES string of the molecule is CCOc1cccc(CC(C(=O)O)C(C)C)c1O. The topological polar surface area (TPSA) is 66.8 Å². The Hall–Kier alpha value is -1.71. The first kappa shape index (κ1) is 14.4. The average molecular weight is 252 g/mol. The lowest BCUT2D eigenvalue weighted by Crippen LogP contribution is -2.22. The standard InChI is InChI=1S/C14H20O4/c1-4-18-12-7-5-6-10(13(12)15)8-11(9(2)3)14(16)17/h5-7,9,11,15H,4,8H2,1-3H3,(H,16,17). The molecule has 0 saturated carbocycles. The molecule has 0 aliphatic rings. The van der Waals surface area contributed by atoms with Gasteiger partial charge in [0.2, 0.25) is 0 Å². The van der Waals surface area contributed by atoms with Crippen molar-refractivity contribution in [2.45, 2.75) is 27.2 Å². The van der Waals surface area contributed by atoms with Crippen molar-refractivity contribution in [1.29, 1.82) is 0 Å². The minimum absolute atomic E-state index is 0.0117. The van der Waals surface area contributed by atoms with Crippen LogP contribution in [0.1, 0.15) is 26.3 Å². The number of para-hydroxylation sites is 1. The molecule has 0 heterocycles. The van der Waals surface area contributed by atoms with Crippen molar-refractivity contribution in [3.05, 3.63) is 23.8 Å². The van der Waals surface area contributed by atoms with Crippen LogP contribution in [-0.2, 0) is 11.2 Å². The maximum Gasteiger partial charge on any atom is 0.307 e. The molecule has 2 N–H and O–H groups in total. The van der Waals surface area contributed by atoms with Crippen LogP contribution < -0.4 is 4.74 Å². The summed E-state index contributed by atoms with van der Waals surface area (Å²) in [6, 6.07) is 5.17. The molecule has 0 aliphatic heterocycles. The van der Waals surface area contributed by atoms with Gasteiger partial charge in [0.25, 0.3) is 0 Å². The zero-order valence-electron chi connectivity index (χ0n) is 11.0.